The molecule has 8 nitrogen and oxygen atoms in total. The number of hydrogen-bond acceptors (Lipinski definition) is 6. The molecule has 1 fully saturated rings. The summed E-state index contributed by atoms with van der Waals surface area (Å²) in [5.74, 6) is -0.0770. The first-order chi connectivity index (χ1) is 14.4. The van der Waals surface area contributed by atoms with Gasteiger partial charge in [-0.05, 0) is 37.3 Å². The van der Waals surface area contributed by atoms with Crippen molar-refractivity contribution in [2.45, 2.75) is 13.0 Å². The van der Waals surface area contributed by atoms with Crippen LogP contribution < -0.4 is 10.2 Å². The third kappa shape index (κ3) is 5.84. The molecule has 158 valence electrons. The highest BCUT2D eigenvalue weighted by atomic mass is 19.1. The highest BCUT2D eigenvalue weighted by Crippen LogP contribution is 2.21. The zero-order valence-corrected chi connectivity index (χ0v) is 16.7. The molecular formula is C21H24FN5O3. The largest absolute Gasteiger partial charge is 0.354 e. The number of aromatic nitrogens is 1. The molecule has 0 bridgehead atoms. The average Bonchev–Trinajstić information content (AvgIpc) is 2.74. The van der Waals surface area contributed by atoms with Gasteiger partial charge in [0.25, 0.3) is 5.69 Å². The van der Waals surface area contributed by atoms with Crippen molar-refractivity contribution in [2.24, 2.45) is 0 Å². The number of carbonyl (C=O) groups is 1. The van der Waals surface area contributed by atoms with Gasteiger partial charge in [0, 0.05) is 51.0 Å². The Bertz CT molecular complexity index is 914. The Labute approximate surface area is 174 Å². The van der Waals surface area contributed by atoms with E-state index in [1.807, 2.05) is 25.1 Å². The van der Waals surface area contributed by atoms with Gasteiger partial charge in [-0.2, -0.15) is 0 Å². The van der Waals surface area contributed by atoms with Crippen LogP contribution in [0.3, 0.4) is 0 Å². The minimum atomic E-state index is -0.694. The lowest BCUT2D eigenvalue weighted by Gasteiger charge is -2.36. The van der Waals surface area contributed by atoms with Crippen molar-refractivity contribution in [3.05, 3.63) is 70.2 Å². The minimum absolute atomic E-state index is 0.0910. The van der Waals surface area contributed by atoms with E-state index in [0.29, 0.717) is 6.54 Å². The van der Waals surface area contributed by atoms with E-state index < -0.39 is 10.7 Å². The molecular weight excluding hydrogens is 389 g/mol. The third-order valence-corrected chi connectivity index (χ3v) is 4.87. The maximum Gasteiger partial charge on any atom is 0.279 e. The number of nitro groups is 1. The summed E-state index contributed by atoms with van der Waals surface area (Å²) < 4.78 is 13.2. The van der Waals surface area contributed by atoms with Gasteiger partial charge in [-0.15, -0.1) is 0 Å². The molecule has 1 unspecified atom stereocenters. The van der Waals surface area contributed by atoms with E-state index in [9.17, 15) is 19.3 Å². The van der Waals surface area contributed by atoms with Gasteiger partial charge in [-0.1, -0.05) is 6.07 Å². The van der Waals surface area contributed by atoms with E-state index in [0.717, 1.165) is 44.1 Å². The summed E-state index contributed by atoms with van der Waals surface area (Å²) in [6.07, 6.45) is 4.34. The van der Waals surface area contributed by atoms with Crippen molar-refractivity contribution in [2.75, 3.05) is 37.6 Å². The molecule has 0 saturated carbocycles. The van der Waals surface area contributed by atoms with Gasteiger partial charge >= 0.3 is 0 Å². The van der Waals surface area contributed by atoms with Crippen molar-refractivity contribution in [1.82, 2.24) is 15.2 Å². The fraction of sp³-hybridized carbons (Fsp3) is 0.333. The van der Waals surface area contributed by atoms with Crippen molar-refractivity contribution < 1.29 is 14.1 Å². The Hall–Kier alpha value is -3.33. The predicted molar refractivity (Wildman–Crippen MR) is 113 cm³/mol. The topological polar surface area (TPSA) is 91.6 Å². The van der Waals surface area contributed by atoms with Crippen molar-refractivity contribution >= 4 is 23.5 Å². The van der Waals surface area contributed by atoms with Crippen LogP contribution in [0.1, 0.15) is 12.5 Å². The van der Waals surface area contributed by atoms with Crippen LogP contribution in [0.15, 0.2) is 48.7 Å². The summed E-state index contributed by atoms with van der Waals surface area (Å²) >= 11 is 0. The summed E-state index contributed by atoms with van der Waals surface area (Å²) in [6, 6.07) is 9.01. The Morgan fingerprint density at radius 3 is 2.73 bits per heavy atom. The third-order valence-electron chi connectivity index (χ3n) is 4.87. The number of hydrogen-bond donors (Lipinski definition) is 1. The van der Waals surface area contributed by atoms with E-state index in [1.165, 1.54) is 18.2 Å². The second kappa shape index (κ2) is 9.93. The lowest BCUT2D eigenvalue weighted by Crippen LogP contribution is -2.50. The number of nitrogens with one attached hydrogen (secondary N) is 1. The van der Waals surface area contributed by atoms with Gasteiger partial charge in [0.2, 0.25) is 5.91 Å². The van der Waals surface area contributed by atoms with Crippen LogP contribution in [0.5, 0.6) is 0 Å². The maximum absolute atomic E-state index is 13.2. The van der Waals surface area contributed by atoms with Crippen LogP contribution in [0, 0.1) is 15.9 Å². The van der Waals surface area contributed by atoms with Gasteiger partial charge in [0.1, 0.15) is 11.6 Å². The van der Waals surface area contributed by atoms with E-state index in [2.05, 4.69) is 20.1 Å². The summed E-state index contributed by atoms with van der Waals surface area (Å²) in [6.45, 7) is 6.09. The standard InChI is InChI=1S/C21H24FN5O3/c1-16(15-25-10-12-26(13-11-25)20-4-2-3-9-23-20)24-21(28)8-6-17-5-7-18(22)14-19(17)27(29)30/h2-9,14,16H,10-13,15H2,1H3,(H,24,28)/b8-6+. The molecule has 1 aliphatic rings. The Morgan fingerprint density at radius 1 is 1.30 bits per heavy atom. The molecule has 30 heavy (non-hydrogen) atoms. The molecule has 2 heterocycles. The van der Waals surface area contributed by atoms with Crippen LogP contribution in [0.2, 0.25) is 0 Å². The van der Waals surface area contributed by atoms with Crippen LogP contribution >= 0.6 is 0 Å². The van der Waals surface area contributed by atoms with Gasteiger partial charge in [0.15, 0.2) is 0 Å². The Kier molecular flexibility index (Phi) is 7.08. The number of carbonyl (C=O) groups excluding carboxylic acids is 1. The molecule has 2 aromatic rings. The lowest BCUT2D eigenvalue weighted by molar-refractivity contribution is -0.385. The summed E-state index contributed by atoms with van der Waals surface area (Å²) in [4.78, 5) is 31.4. The normalized spacial score (nSPS) is 15.9. The number of anilines is 1. The smallest absolute Gasteiger partial charge is 0.279 e. The van der Waals surface area contributed by atoms with Crippen LogP contribution in [0.25, 0.3) is 6.08 Å². The molecule has 1 aromatic heterocycles. The van der Waals surface area contributed by atoms with E-state index >= 15 is 0 Å². The first-order valence-corrected chi connectivity index (χ1v) is 9.73. The summed E-state index contributed by atoms with van der Waals surface area (Å²) in [5.41, 5.74) is -0.201. The Balaban J connectivity index is 1.47. The number of pyridine rings is 1. The quantitative estimate of drug-likeness (QED) is 0.426. The molecule has 1 aliphatic heterocycles. The monoisotopic (exact) mass is 413 g/mol. The van der Waals surface area contributed by atoms with Crippen LogP contribution in [-0.4, -0.2) is 59.5 Å². The zero-order valence-electron chi connectivity index (χ0n) is 16.7. The number of piperazine rings is 1. The van der Waals surface area contributed by atoms with Gasteiger partial charge in [-0.3, -0.25) is 19.8 Å². The minimum Gasteiger partial charge on any atom is -0.354 e. The fourth-order valence-corrected chi connectivity index (χ4v) is 3.41. The highest BCUT2D eigenvalue weighted by molar-refractivity contribution is 5.92. The van der Waals surface area contributed by atoms with Crippen LogP contribution in [-0.2, 0) is 4.79 Å². The molecule has 1 amide bonds. The second-order valence-corrected chi connectivity index (χ2v) is 7.18. The average molecular weight is 413 g/mol. The lowest BCUT2D eigenvalue weighted by atomic mass is 10.1. The van der Waals surface area contributed by atoms with Crippen molar-refractivity contribution in [3.63, 3.8) is 0 Å². The number of benzene rings is 1. The van der Waals surface area contributed by atoms with Gasteiger partial charge in [0.05, 0.1) is 16.6 Å². The summed E-state index contributed by atoms with van der Waals surface area (Å²) in [5, 5.41) is 13.9. The number of halogens is 1. The first kappa shape index (κ1) is 21.4. The van der Waals surface area contributed by atoms with E-state index in [4.69, 9.17) is 0 Å². The molecule has 1 saturated heterocycles. The molecule has 9 heteroatoms. The molecule has 0 aliphatic carbocycles. The van der Waals surface area contributed by atoms with Crippen molar-refractivity contribution in [3.8, 4) is 0 Å². The predicted octanol–water partition coefficient (Wildman–Crippen LogP) is 2.47. The molecule has 0 radical (unpaired) electrons. The van der Waals surface area contributed by atoms with Crippen LogP contribution in [0.4, 0.5) is 15.9 Å². The Morgan fingerprint density at radius 2 is 2.07 bits per heavy atom. The SMILES string of the molecule is CC(CN1CCN(c2ccccn2)CC1)NC(=O)/C=C/c1ccc(F)cc1[N+](=O)[O-]. The maximum atomic E-state index is 13.2. The number of rotatable bonds is 7. The molecule has 1 atom stereocenters. The number of amides is 1. The molecule has 1 N–H and O–H groups in total. The van der Waals surface area contributed by atoms with E-state index in [1.54, 1.807) is 6.20 Å². The van der Waals surface area contributed by atoms with Gasteiger partial charge < -0.3 is 10.2 Å². The molecule has 3 rings (SSSR count). The zero-order chi connectivity index (χ0) is 21.5. The highest BCUT2D eigenvalue weighted by Gasteiger charge is 2.20. The molecule has 0 spiro atoms. The fourth-order valence-electron chi connectivity index (χ4n) is 3.41. The van der Waals surface area contributed by atoms with Gasteiger partial charge in [-0.25, -0.2) is 9.37 Å². The number of nitrogens with zero attached hydrogens (tertiary/aromatic N) is 4. The van der Waals surface area contributed by atoms with Crippen molar-refractivity contribution in [1.29, 1.82) is 0 Å². The first-order valence-electron chi connectivity index (χ1n) is 9.73. The second-order valence-electron chi connectivity index (χ2n) is 7.18. The number of nitro benzene ring substituents is 1. The van der Waals surface area contributed by atoms with E-state index in [-0.39, 0.29) is 23.2 Å². The summed E-state index contributed by atoms with van der Waals surface area (Å²) in [7, 11) is 0. The molecule has 1 aromatic carbocycles.